The van der Waals surface area contributed by atoms with Crippen LogP contribution >= 0.6 is 0 Å². The quantitative estimate of drug-likeness (QED) is 0.600. The molecule has 0 spiro atoms. The molecule has 0 saturated carbocycles. The van der Waals surface area contributed by atoms with E-state index in [0.29, 0.717) is 23.6 Å². The van der Waals surface area contributed by atoms with E-state index in [9.17, 15) is 14.4 Å². The highest BCUT2D eigenvalue weighted by Gasteiger charge is 2.35. The van der Waals surface area contributed by atoms with Gasteiger partial charge in [0, 0.05) is 12.7 Å². The van der Waals surface area contributed by atoms with Crippen molar-refractivity contribution in [3.63, 3.8) is 0 Å². The van der Waals surface area contributed by atoms with Gasteiger partial charge in [0.15, 0.2) is 12.3 Å². The Morgan fingerprint density at radius 3 is 2.75 bits per heavy atom. The van der Waals surface area contributed by atoms with Crippen molar-refractivity contribution in [1.82, 2.24) is 19.5 Å². The highest BCUT2D eigenvalue weighted by molar-refractivity contribution is 6.02. The summed E-state index contributed by atoms with van der Waals surface area (Å²) >= 11 is 0. The fourth-order valence-corrected chi connectivity index (χ4v) is 4.94. The van der Waals surface area contributed by atoms with E-state index in [2.05, 4.69) is 30.9 Å². The van der Waals surface area contributed by atoms with Crippen LogP contribution in [0.25, 0.3) is 5.65 Å². The smallest absolute Gasteiger partial charge is 0.265 e. The second-order valence-corrected chi connectivity index (χ2v) is 10.3. The van der Waals surface area contributed by atoms with Crippen molar-refractivity contribution >= 4 is 29.1 Å². The lowest BCUT2D eigenvalue weighted by Gasteiger charge is -2.38. The molecule has 0 bridgehead atoms. The fraction of sp³-hybridized carbons (Fsp3) is 0.423. The highest BCUT2D eigenvalue weighted by atomic mass is 16.5. The molecule has 0 radical (unpaired) electrons. The molecule has 3 aromatic rings. The van der Waals surface area contributed by atoms with Crippen LogP contribution in [-0.2, 0) is 15.0 Å². The number of ether oxygens (including phenoxy) is 1. The van der Waals surface area contributed by atoms with Crippen molar-refractivity contribution < 1.29 is 19.1 Å². The molecule has 10 nitrogen and oxygen atoms in total. The van der Waals surface area contributed by atoms with E-state index in [0.717, 1.165) is 30.5 Å². The number of anilines is 1. The second-order valence-electron chi connectivity index (χ2n) is 10.3. The van der Waals surface area contributed by atoms with Gasteiger partial charge in [0.1, 0.15) is 17.9 Å². The lowest BCUT2D eigenvalue weighted by Crippen LogP contribution is -2.48. The van der Waals surface area contributed by atoms with Gasteiger partial charge in [-0.3, -0.25) is 19.3 Å². The first-order valence-electron chi connectivity index (χ1n) is 12.1. The minimum atomic E-state index is -0.606. The summed E-state index contributed by atoms with van der Waals surface area (Å²) in [6, 6.07) is 7.34. The lowest BCUT2D eigenvalue weighted by atomic mass is 9.86. The fourth-order valence-electron chi connectivity index (χ4n) is 4.94. The predicted molar refractivity (Wildman–Crippen MR) is 133 cm³/mol. The van der Waals surface area contributed by atoms with Gasteiger partial charge < -0.3 is 15.4 Å². The number of carbonyl (C=O) groups excluding carboxylic acids is 3. The maximum Gasteiger partial charge on any atom is 0.265 e. The molecule has 4 heterocycles. The van der Waals surface area contributed by atoms with Gasteiger partial charge >= 0.3 is 0 Å². The Morgan fingerprint density at radius 2 is 2.00 bits per heavy atom. The third-order valence-corrected chi connectivity index (χ3v) is 6.92. The molecule has 1 fully saturated rings. The number of hydrogen-bond acceptors (Lipinski definition) is 6. The van der Waals surface area contributed by atoms with Crippen LogP contribution in [0.5, 0.6) is 5.75 Å². The van der Waals surface area contributed by atoms with E-state index < -0.39 is 5.91 Å². The van der Waals surface area contributed by atoms with Crippen molar-refractivity contribution in [2.24, 2.45) is 5.73 Å². The Bertz CT molecular complexity index is 1360. The van der Waals surface area contributed by atoms with Gasteiger partial charge in [0.2, 0.25) is 5.91 Å². The largest absolute Gasteiger partial charge is 0.482 e. The summed E-state index contributed by atoms with van der Waals surface area (Å²) < 4.78 is 7.23. The van der Waals surface area contributed by atoms with Gasteiger partial charge in [-0.1, -0.05) is 26.8 Å². The third-order valence-electron chi connectivity index (χ3n) is 6.92. The molecule has 5 rings (SSSR count). The summed E-state index contributed by atoms with van der Waals surface area (Å²) in [7, 11) is 0. The first-order chi connectivity index (χ1) is 17.1. The molecule has 2 aromatic heterocycles. The number of benzene rings is 1. The second kappa shape index (κ2) is 8.92. The highest BCUT2D eigenvalue weighted by Crippen LogP contribution is 2.37. The maximum atomic E-state index is 13.7. The number of carbonyl (C=O) groups is 3. The van der Waals surface area contributed by atoms with Gasteiger partial charge in [-0.25, -0.2) is 9.50 Å². The number of aromatic nitrogens is 3. The van der Waals surface area contributed by atoms with E-state index >= 15 is 0 Å². The molecular formula is C26H30N6O4. The van der Waals surface area contributed by atoms with Crippen molar-refractivity contribution in [3.05, 3.63) is 53.5 Å². The molecule has 3 amide bonds. The van der Waals surface area contributed by atoms with E-state index in [1.54, 1.807) is 15.6 Å². The number of fused-ring (bicyclic) bond motifs is 2. The van der Waals surface area contributed by atoms with Crippen molar-refractivity contribution in [3.8, 4) is 5.75 Å². The number of piperidine rings is 1. The molecule has 188 valence electrons. The van der Waals surface area contributed by atoms with Crippen LogP contribution in [0.1, 0.15) is 67.7 Å². The van der Waals surface area contributed by atoms with Crippen LogP contribution in [0, 0.1) is 0 Å². The minimum Gasteiger partial charge on any atom is -0.482 e. The SMILES string of the molecule is CC(C)(C)c1ccc2c(c1)N(CC(=O)N1CCCCC1c1ccnc3c(C(N)=O)cnn13)C(=O)CO2. The monoisotopic (exact) mass is 490 g/mol. The van der Waals surface area contributed by atoms with Crippen molar-refractivity contribution in [2.45, 2.75) is 51.5 Å². The Labute approximate surface area is 209 Å². The van der Waals surface area contributed by atoms with Crippen LogP contribution in [0.4, 0.5) is 5.69 Å². The Hall–Kier alpha value is -3.95. The number of hydrogen-bond donors (Lipinski definition) is 1. The normalized spacial score (nSPS) is 18.2. The van der Waals surface area contributed by atoms with Crippen LogP contribution in [0.3, 0.4) is 0 Å². The molecule has 0 aliphatic carbocycles. The summed E-state index contributed by atoms with van der Waals surface area (Å²) in [5, 5.41) is 4.33. The molecule has 2 aliphatic heterocycles. The number of nitrogens with two attached hydrogens (primary N) is 1. The lowest BCUT2D eigenvalue weighted by molar-refractivity contribution is -0.135. The van der Waals surface area contributed by atoms with Crippen molar-refractivity contribution in [2.75, 3.05) is 24.6 Å². The molecule has 1 aromatic carbocycles. The zero-order valence-electron chi connectivity index (χ0n) is 20.7. The average molecular weight is 491 g/mol. The summed E-state index contributed by atoms with van der Waals surface area (Å²) in [4.78, 5) is 46.0. The Morgan fingerprint density at radius 1 is 1.19 bits per heavy atom. The van der Waals surface area contributed by atoms with E-state index in [1.807, 2.05) is 24.3 Å². The molecule has 36 heavy (non-hydrogen) atoms. The first-order valence-corrected chi connectivity index (χ1v) is 12.1. The average Bonchev–Trinajstić information content (AvgIpc) is 3.29. The number of amides is 3. The van der Waals surface area contributed by atoms with E-state index in [4.69, 9.17) is 10.5 Å². The van der Waals surface area contributed by atoms with Crippen LogP contribution in [-0.4, -0.2) is 56.9 Å². The number of rotatable bonds is 4. The van der Waals surface area contributed by atoms with Gasteiger partial charge in [-0.05, 0) is 48.4 Å². The number of primary amides is 1. The van der Waals surface area contributed by atoms with Gasteiger partial charge in [0.25, 0.3) is 11.8 Å². The van der Waals surface area contributed by atoms with Crippen molar-refractivity contribution in [1.29, 1.82) is 0 Å². The molecule has 2 N–H and O–H groups in total. The van der Waals surface area contributed by atoms with E-state index in [1.165, 1.54) is 11.1 Å². The standard InChI is InChI=1S/C26H30N6O4/c1-26(2,3)16-7-8-21-20(12-16)31(23(34)15-36-21)14-22(33)30-11-5-4-6-18(30)19-9-10-28-25-17(24(27)35)13-29-32(19)25/h7-10,12-13,18H,4-6,11,14-15H2,1-3H3,(H2,27,35). The predicted octanol–water partition coefficient (Wildman–Crippen LogP) is 2.60. The van der Waals surface area contributed by atoms with Crippen LogP contribution < -0.4 is 15.4 Å². The van der Waals surface area contributed by atoms with Crippen LogP contribution in [0.2, 0.25) is 0 Å². The first kappa shape index (κ1) is 23.8. The topological polar surface area (TPSA) is 123 Å². The zero-order valence-corrected chi connectivity index (χ0v) is 20.7. The van der Waals surface area contributed by atoms with E-state index in [-0.39, 0.29) is 42.0 Å². The Kier molecular flexibility index (Phi) is 5.89. The molecule has 1 unspecified atom stereocenters. The number of nitrogens with zero attached hydrogens (tertiary/aromatic N) is 5. The Balaban J connectivity index is 1.46. The molecule has 2 aliphatic rings. The van der Waals surface area contributed by atoms with Gasteiger partial charge in [0.05, 0.1) is 23.6 Å². The maximum absolute atomic E-state index is 13.7. The van der Waals surface area contributed by atoms with Crippen LogP contribution in [0.15, 0.2) is 36.7 Å². The summed E-state index contributed by atoms with van der Waals surface area (Å²) in [6.45, 7) is 6.67. The summed E-state index contributed by atoms with van der Waals surface area (Å²) in [5.74, 6) is -0.420. The number of likely N-dealkylation sites (tertiary alicyclic amines) is 1. The molecular weight excluding hydrogens is 460 g/mol. The third kappa shape index (κ3) is 4.16. The molecule has 1 atom stereocenters. The molecule has 10 heteroatoms. The summed E-state index contributed by atoms with van der Waals surface area (Å²) in [5.41, 5.74) is 8.38. The zero-order chi connectivity index (χ0) is 25.6. The van der Waals surface area contributed by atoms with Gasteiger partial charge in [-0.2, -0.15) is 5.10 Å². The summed E-state index contributed by atoms with van der Waals surface area (Å²) in [6.07, 6.45) is 5.55. The van der Waals surface area contributed by atoms with Gasteiger partial charge in [-0.15, -0.1) is 0 Å². The minimum absolute atomic E-state index is 0.0842. The molecule has 1 saturated heterocycles.